The third kappa shape index (κ3) is 8.75. The Morgan fingerprint density at radius 3 is 2.25 bits per heavy atom. The minimum absolute atomic E-state index is 0.0451. The van der Waals surface area contributed by atoms with Crippen LogP contribution >= 0.6 is 0 Å². The van der Waals surface area contributed by atoms with E-state index in [0.29, 0.717) is 18.9 Å². The zero-order chi connectivity index (χ0) is 12.4. The number of ether oxygens (including phenoxy) is 1. The summed E-state index contributed by atoms with van der Waals surface area (Å²) in [4.78, 5) is 11.2. The molecule has 0 aliphatic rings. The first-order chi connectivity index (χ1) is 7.60. The largest absolute Gasteiger partial charge is 0.466 e. The molecule has 0 spiro atoms. The molecule has 0 heterocycles. The Kier molecular flexibility index (Phi) is 9.36. The molecule has 0 radical (unpaired) electrons. The molecule has 0 N–H and O–H groups in total. The van der Waals surface area contributed by atoms with Crippen LogP contribution in [0.1, 0.15) is 66.2 Å². The van der Waals surface area contributed by atoms with Gasteiger partial charge in [-0.05, 0) is 25.2 Å². The predicted molar refractivity (Wildman–Crippen MR) is 68.3 cm³/mol. The van der Waals surface area contributed by atoms with Crippen LogP contribution in [0.3, 0.4) is 0 Å². The Balaban J connectivity index is 3.44. The van der Waals surface area contributed by atoms with E-state index in [1.807, 2.05) is 6.92 Å². The second-order valence-electron chi connectivity index (χ2n) is 4.89. The molecule has 16 heavy (non-hydrogen) atoms. The lowest BCUT2D eigenvalue weighted by Gasteiger charge is -2.12. The van der Waals surface area contributed by atoms with Gasteiger partial charge in [-0.15, -0.1) is 0 Å². The standard InChI is InChI=1S/C14H28O2/c1-5-12(3)8-7-9-13(4)10-11-14(15)16-6-2/h12-13H,5-11H2,1-4H3. The lowest BCUT2D eigenvalue weighted by atomic mass is 9.94. The first-order valence-electron chi connectivity index (χ1n) is 6.75. The normalized spacial score (nSPS) is 14.5. The fourth-order valence-corrected chi connectivity index (χ4v) is 1.76. The van der Waals surface area contributed by atoms with Gasteiger partial charge in [0.2, 0.25) is 0 Å². The van der Waals surface area contributed by atoms with Gasteiger partial charge in [-0.25, -0.2) is 0 Å². The fourth-order valence-electron chi connectivity index (χ4n) is 1.76. The monoisotopic (exact) mass is 228 g/mol. The van der Waals surface area contributed by atoms with Gasteiger partial charge in [0.25, 0.3) is 0 Å². The van der Waals surface area contributed by atoms with Crippen LogP contribution in [0.5, 0.6) is 0 Å². The predicted octanol–water partition coefficient (Wildman–Crippen LogP) is 4.18. The van der Waals surface area contributed by atoms with E-state index in [9.17, 15) is 4.79 Å². The van der Waals surface area contributed by atoms with Crippen LogP contribution < -0.4 is 0 Å². The minimum atomic E-state index is -0.0451. The molecule has 0 aromatic heterocycles. The van der Waals surface area contributed by atoms with Crippen LogP contribution in [0, 0.1) is 11.8 Å². The van der Waals surface area contributed by atoms with Crippen LogP contribution in [0.2, 0.25) is 0 Å². The summed E-state index contributed by atoms with van der Waals surface area (Å²) in [5, 5.41) is 0. The average Bonchev–Trinajstić information content (AvgIpc) is 2.26. The highest BCUT2D eigenvalue weighted by Gasteiger charge is 2.08. The van der Waals surface area contributed by atoms with Gasteiger partial charge in [0.15, 0.2) is 0 Å². The molecule has 0 fully saturated rings. The minimum Gasteiger partial charge on any atom is -0.466 e. The molecule has 2 unspecified atom stereocenters. The van der Waals surface area contributed by atoms with E-state index in [4.69, 9.17) is 4.74 Å². The molecule has 0 aliphatic carbocycles. The summed E-state index contributed by atoms with van der Waals surface area (Å²) in [6, 6.07) is 0. The van der Waals surface area contributed by atoms with E-state index in [2.05, 4.69) is 20.8 Å². The van der Waals surface area contributed by atoms with Gasteiger partial charge in [0.05, 0.1) is 6.61 Å². The Labute approximate surface area is 101 Å². The Morgan fingerprint density at radius 1 is 1.06 bits per heavy atom. The van der Waals surface area contributed by atoms with Gasteiger partial charge in [-0.2, -0.15) is 0 Å². The molecule has 0 saturated carbocycles. The van der Waals surface area contributed by atoms with Crippen molar-refractivity contribution in [3.63, 3.8) is 0 Å². The molecule has 0 aliphatic heterocycles. The average molecular weight is 228 g/mol. The molecule has 2 atom stereocenters. The van der Waals surface area contributed by atoms with Crippen molar-refractivity contribution in [2.75, 3.05) is 6.61 Å². The highest BCUT2D eigenvalue weighted by molar-refractivity contribution is 5.69. The summed E-state index contributed by atoms with van der Waals surface area (Å²) in [7, 11) is 0. The van der Waals surface area contributed by atoms with E-state index < -0.39 is 0 Å². The van der Waals surface area contributed by atoms with Gasteiger partial charge >= 0.3 is 5.97 Å². The number of carbonyl (C=O) groups is 1. The number of hydrogen-bond acceptors (Lipinski definition) is 2. The highest BCUT2D eigenvalue weighted by Crippen LogP contribution is 2.18. The first kappa shape index (κ1) is 15.5. The summed E-state index contributed by atoms with van der Waals surface area (Å²) < 4.78 is 4.91. The maximum absolute atomic E-state index is 11.2. The molecule has 2 nitrogen and oxygen atoms in total. The van der Waals surface area contributed by atoms with Gasteiger partial charge in [0.1, 0.15) is 0 Å². The van der Waals surface area contributed by atoms with E-state index in [1.54, 1.807) is 0 Å². The molecule has 0 bridgehead atoms. The van der Waals surface area contributed by atoms with E-state index in [-0.39, 0.29) is 5.97 Å². The molecule has 0 aromatic carbocycles. The molecule has 0 rings (SSSR count). The maximum atomic E-state index is 11.2. The number of rotatable bonds is 9. The lowest BCUT2D eigenvalue weighted by Crippen LogP contribution is -2.06. The lowest BCUT2D eigenvalue weighted by molar-refractivity contribution is -0.143. The van der Waals surface area contributed by atoms with Gasteiger partial charge in [-0.3, -0.25) is 4.79 Å². The van der Waals surface area contributed by atoms with Crippen LogP contribution in [0.4, 0.5) is 0 Å². The summed E-state index contributed by atoms with van der Waals surface area (Å²) in [6.45, 7) is 9.14. The molecular weight excluding hydrogens is 200 g/mol. The number of carbonyl (C=O) groups excluding carboxylic acids is 1. The second-order valence-corrected chi connectivity index (χ2v) is 4.89. The molecule has 0 aromatic rings. The summed E-state index contributed by atoms with van der Waals surface area (Å²) in [5.74, 6) is 1.45. The van der Waals surface area contributed by atoms with Gasteiger partial charge in [0, 0.05) is 6.42 Å². The highest BCUT2D eigenvalue weighted by atomic mass is 16.5. The topological polar surface area (TPSA) is 26.3 Å². The number of hydrogen-bond donors (Lipinski definition) is 0. The zero-order valence-corrected chi connectivity index (χ0v) is 11.4. The molecule has 96 valence electrons. The van der Waals surface area contributed by atoms with Crippen molar-refractivity contribution in [2.24, 2.45) is 11.8 Å². The number of esters is 1. The fraction of sp³-hybridized carbons (Fsp3) is 0.929. The third-order valence-corrected chi connectivity index (χ3v) is 3.24. The van der Waals surface area contributed by atoms with Crippen LogP contribution in [-0.2, 0) is 9.53 Å². The molecule has 0 amide bonds. The van der Waals surface area contributed by atoms with Crippen molar-refractivity contribution in [1.82, 2.24) is 0 Å². The van der Waals surface area contributed by atoms with Crippen molar-refractivity contribution in [3.05, 3.63) is 0 Å². The Bertz CT molecular complexity index is 178. The van der Waals surface area contributed by atoms with Crippen LogP contribution in [0.15, 0.2) is 0 Å². The van der Waals surface area contributed by atoms with Crippen molar-refractivity contribution >= 4 is 5.97 Å². The third-order valence-electron chi connectivity index (χ3n) is 3.24. The van der Waals surface area contributed by atoms with Crippen molar-refractivity contribution < 1.29 is 9.53 Å². The van der Waals surface area contributed by atoms with Crippen molar-refractivity contribution in [1.29, 1.82) is 0 Å². The van der Waals surface area contributed by atoms with Crippen LogP contribution in [-0.4, -0.2) is 12.6 Å². The maximum Gasteiger partial charge on any atom is 0.305 e. The zero-order valence-electron chi connectivity index (χ0n) is 11.4. The molecule has 2 heteroatoms. The van der Waals surface area contributed by atoms with Crippen molar-refractivity contribution in [3.8, 4) is 0 Å². The second kappa shape index (κ2) is 9.68. The van der Waals surface area contributed by atoms with E-state index in [1.165, 1.54) is 25.7 Å². The van der Waals surface area contributed by atoms with E-state index >= 15 is 0 Å². The quantitative estimate of drug-likeness (QED) is 0.553. The SMILES string of the molecule is CCOC(=O)CCC(C)CCCC(C)CC. The van der Waals surface area contributed by atoms with Gasteiger partial charge in [-0.1, -0.05) is 46.5 Å². The van der Waals surface area contributed by atoms with Gasteiger partial charge < -0.3 is 4.74 Å². The molecule has 0 saturated heterocycles. The van der Waals surface area contributed by atoms with Crippen molar-refractivity contribution in [2.45, 2.75) is 66.2 Å². The van der Waals surface area contributed by atoms with E-state index in [0.717, 1.165) is 12.3 Å². The summed E-state index contributed by atoms with van der Waals surface area (Å²) in [5.41, 5.74) is 0. The smallest absolute Gasteiger partial charge is 0.305 e. The Morgan fingerprint density at radius 2 is 1.69 bits per heavy atom. The molecular formula is C14H28O2. The Hall–Kier alpha value is -0.530. The summed E-state index contributed by atoms with van der Waals surface area (Å²) >= 11 is 0. The summed E-state index contributed by atoms with van der Waals surface area (Å²) in [6.07, 6.45) is 6.68. The van der Waals surface area contributed by atoms with Crippen LogP contribution in [0.25, 0.3) is 0 Å². The first-order valence-corrected chi connectivity index (χ1v) is 6.75.